The van der Waals surface area contributed by atoms with Crippen LogP contribution in [0.5, 0.6) is 0 Å². The van der Waals surface area contributed by atoms with Crippen molar-refractivity contribution < 1.29 is 5.11 Å². The van der Waals surface area contributed by atoms with Crippen LogP contribution in [0.25, 0.3) is 0 Å². The lowest BCUT2D eigenvalue weighted by Crippen LogP contribution is -2.58. The molecule has 0 bridgehead atoms. The zero-order valence-electron chi connectivity index (χ0n) is 13.3. The molecule has 2 N–H and O–H groups in total. The average Bonchev–Trinajstić information content (AvgIpc) is 3.06. The van der Waals surface area contributed by atoms with Crippen LogP contribution in [0.15, 0.2) is 60.7 Å². The van der Waals surface area contributed by atoms with Gasteiger partial charge in [0.05, 0.1) is 5.54 Å². The standard InChI is InChI=1S/C20H25NO/c1-2-14-19(15-9-16-21-19)20(22,17-10-5-3-6-11-17)18-12-7-4-8-13-18/h3-8,10-13,21-22H,2,9,14-16H2,1H3/t19-/m1/s1. The van der Waals surface area contributed by atoms with E-state index in [-0.39, 0.29) is 5.54 Å². The molecule has 1 fully saturated rings. The molecule has 0 spiro atoms. The van der Waals surface area contributed by atoms with Crippen LogP contribution in [0.3, 0.4) is 0 Å². The normalized spacial score (nSPS) is 21.9. The second-order valence-corrected chi connectivity index (χ2v) is 6.30. The maximum absolute atomic E-state index is 12.0. The van der Waals surface area contributed by atoms with Crippen molar-refractivity contribution in [3.05, 3.63) is 71.8 Å². The van der Waals surface area contributed by atoms with E-state index in [1.165, 1.54) is 0 Å². The van der Waals surface area contributed by atoms with Gasteiger partial charge >= 0.3 is 0 Å². The van der Waals surface area contributed by atoms with E-state index in [1.54, 1.807) is 0 Å². The summed E-state index contributed by atoms with van der Waals surface area (Å²) in [6.45, 7) is 3.17. The molecule has 22 heavy (non-hydrogen) atoms. The predicted octanol–water partition coefficient (Wildman–Crippen LogP) is 3.84. The summed E-state index contributed by atoms with van der Waals surface area (Å²) in [4.78, 5) is 0. The fraction of sp³-hybridized carbons (Fsp3) is 0.400. The van der Waals surface area contributed by atoms with E-state index in [0.29, 0.717) is 0 Å². The summed E-state index contributed by atoms with van der Waals surface area (Å²) in [5, 5.41) is 15.6. The largest absolute Gasteiger partial charge is 0.378 e. The third-order valence-electron chi connectivity index (χ3n) is 5.00. The summed E-state index contributed by atoms with van der Waals surface area (Å²) in [7, 11) is 0. The Morgan fingerprint density at radius 1 is 1.00 bits per heavy atom. The Morgan fingerprint density at radius 2 is 1.55 bits per heavy atom. The van der Waals surface area contributed by atoms with E-state index in [1.807, 2.05) is 60.7 Å². The minimum Gasteiger partial charge on any atom is -0.378 e. The van der Waals surface area contributed by atoms with Crippen molar-refractivity contribution in [2.24, 2.45) is 0 Å². The molecule has 1 heterocycles. The molecule has 1 atom stereocenters. The summed E-state index contributed by atoms with van der Waals surface area (Å²) in [5.41, 5.74) is 0.667. The van der Waals surface area contributed by atoms with Crippen LogP contribution in [0.2, 0.25) is 0 Å². The van der Waals surface area contributed by atoms with Gasteiger partial charge in [0.1, 0.15) is 5.60 Å². The molecule has 0 amide bonds. The van der Waals surface area contributed by atoms with Gasteiger partial charge in [-0.15, -0.1) is 0 Å². The van der Waals surface area contributed by atoms with Crippen LogP contribution < -0.4 is 5.32 Å². The molecule has 2 aromatic rings. The van der Waals surface area contributed by atoms with Crippen LogP contribution >= 0.6 is 0 Å². The van der Waals surface area contributed by atoms with E-state index < -0.39 is 5.60 Å². The lowest BCUT2D eigenvalue weighted by molar-refractivity contribution is -0.0199. The highest BCUT2D eigenvalue weighted by molar-refractivity contribution is 5.41. The first kappa shape index (κ1) is 15.3. The second kappa shape index (κ2) is 6.23. The number of nitrogens with one attached hydrogen (secondary N) is 1. The number of rotatable bonds is 5. The molecule has 2 heteroatoms. The van der Waals surface area contributed by atoms with E-state index in [0.717, 1.165) is 43.4 Å². The van der Waals surface area contributed by atoms with Gasteiger partial charge in [-0.1, -0.05) is 74.0 Å². The summed E-state index contributed by atoms with van der Waals surface area (Å²) in [6, 6.07) is 20.2. The van der Waals surface area contributed by atoms with Crippen molar-refractivity contribution in [3.8, 4) is 0 Å². The molecule has 0 aliphatic carbocycles. The Hall–Kier alpha value is -1.64. The van der Waals surface area contributed by atoms with E-state index in [2.05, 4.69) is 12.2 Å². The molecule has 0 saturated carbocycles. The Bertz CT molecular complexity index is 548. The van der Waals surface area contributed by atoms with Crippen LogP contribution in [0.4, 0.5) is 0 Å². The molecule has 0 unspecified atom stereocenters. The molecule has 1 saturated heterocycles. The van der Waals surface area contributed by atoms with Crippen molar-refractivity contribution >= 4 is 0 Å². The second-order valence-electron chi connectivity index (χ2n) is 6.30. The molecule has 1 aliphatic heterocycles. The molecule has 0 aromatic heterocycles. The first-order valence-corrected chi connectivity index (χ1v) is 8.31. The van der Waals surface area contributed by atoms with Gasteiger partial charge in [-0.2, -0.15) is 0 Å². The van der Waals surface area contributed by atoms with E-state index in [9.17, 15) is 5.11 Å². The number of benzene rings is 2. The third kappa shape index (κ3) is 2.37. The van der Waals surface area contributed by atoms with Gasteiger partial charge in [0.25, 0.3) is 0 Å². The SMILES string of the molecule is CCC[C@]1(C(O)(c2ccccc2)c2ccccc2)CCCN1. The monoisotopic (exact) mass is 295 g/mol. The summed E-state index contributed by atoms with van der Waals surface area (Å²) < 4.78 is 0. The Morgan fingerprint density at radius 3 is 1.95 bits per heavy atom. The number of hydrogen-bond acceptors (Lipinski definition) is 2. The minimum atomic E-state index is -0.998. The Balaban J connectivity index is 2.19. The highest BCUT2D eigenvalue weighted by Crippen LogP contribution is 2.46. The maximum atomic E-state index is 12.0. The summed E-state index contributed by atoms with van der Waals surface area (Å²) >= 11 is 0. The fourth-order valence-electron chi connectivity index (χ4n) is 4.01. The van der Waals surface area contributed by atoms with Crippen molar-refractivity contribution in [2.45, 2.75) is 43.7 Å². The van der Waals surface area contributed by atoms with Crippen molar-refractivity contribution in [3.63, 3.8) is 0 Å². The fourth-order valence-corrected chi connectivity index (χ4v) is 4.01. The summed E-state index contributed by atoms with van der Waals surface area (Å²) in [6.07, 6.45) is 4.13. The molecular formula is C20H25NO. The average molecular weight is 295 g/mol. The predicted molar refractivity (Wildman–Crippen MR) is 90.8 cm³/mol. The smallest absolute Gasteiger partial charge is 0.133 e. The topological polar surface area (TPSA) is 32.3 Å². The molecule has 116 valence electrons. The van der Waals surface area contributed by atoms with Crippen LogP contribution in [0, 0.1) is 0 Å². The van der Waals surface area contributed by atoms with Gasteiger partial charge in [0.15, 0.2) is 0 Å². The van der Waals surface area contributed by atoms with Crippen LogP contribution in [-0.4, -0.2) is 17.2 Å². The lowest BCUT2D eigenvalue weighted by Gasteiger charge is -2.46. The molecular weight excluding hydrogens is 270 g/mol. The highest BCUT2D eigenvalue weighted by atomic mass is 16.3. The van der Waals surface area contributed by atoms with Gasteiger partial charge in [0, 0.05) is 0 Å². The quantitative estimate of drug-likeness (QED) is 0.878. The van der Waals surface area contributed by atoms with E-state index in [4.69, 9.17) is 0 Å². The highest BCUT2D eigenvalue weighted by Gasteiger charge is 2.53. The van der Waals surface area contributed by atoms with Gasteiger partial charge < -0.3 is 10.4 Å². The lowest BCUT2D eigenvalue weighted by atomic mass is 9.68. The van der Waals surface area contributed by atoms with Gasteiger partial charge in [-0.05, 0) is 36.9 Å². The van der Waals surface area contributed by atoms with Crippen molar-refractivity contribution in [1.29, 1.82) is 0 Å². The van der Waals surface area contributed by atoms with Crippen molar-refractivity contribution in [1.82, 2.24) is 5.32 Å². The Labute approximate surface area is 133 Å². The van der Waals surface area contributed by atoms with Gasteiger partial charge in [-0.25, -0.2) is 0 Å². The van der Waals surface area contributed by atoms with Gasteiger partial charge in [-0.3, -0.25) is 0 Å². The van der Waals surface area contributed by atoms with E-state index >= 15 is 0 Å². The molecule has 2 aromatic carbocycles. The molecule has 0 radical (unpaired) electrons. The van der Waals surface area contributed by atoms with Gasteiger partial charge in [0.2, 0.25) is 0 Å². The van der Waals surface area contributed by atoms with Crippen molar-refractivity contribution in [2.75, 3.05) is 6.54 Å². The molecule has 3 rings (SSSR count). The maximum Gasteiger partial charge on any atom is 0.133 e. The zero-order valence-corrected chi connectivity index (χ0v) is 13.3. The first-order chi connectivity index (χ1) is 10.7. The third-order valence-corrected chi connectivity index (χ3v) is 5.00. The van der Waals surface area contributed by atoms with Crippen LogP contribution in [0.1, 0.15) is 43.7 Å². The van der Waals surface area contributed by atoms with Crippen LogP contribution in [-0.2, 0) is 5.60 Å². The summed E-state index contributed by atoms with van der Waals surface area (Å²) in [5.74, 6) is 0. The minimum absolute atomic E-state index is 0.287. The number of aliphatic hydroxyl groups is 1. The zero-order chi connectivity index (χ0) is 15.5. The molecule has 1 aliphatic rings. The molecule has 2 nitrogen and oxygen atoms in total. The number of hydrogen-bond donors (Lipinski definition) is 2. The Kier molecular flexibility index (Phi) is 4.32. The first-order valence-electron chi connectivity index (χ1n) is 8.31.